The van der Waals surface area contributed by atoms with Gasteiger partial charge in [0.25, 0.3) is 5.91 Å². The van der Waals surface area contributed by atoms with Crippen LogP contribution in [0.1, 0.15) is 81.9 Å². The summed E-state index contributed by atoms with van der Waals surface area (Å²) in [5, 5.41) is 18.1. The highest BCUT2D eigenvalue weighted by atomic mass is 35.5. The average molecular weight is 866 g/mol. The summed E-state index contributed by atoms with van der Waals surface area (Å²) in [7, 11) is 0. The summed E-state index contributed by atoms with van der Waals surface area (Å²) in [5.74, 6) is -0.0710. The standard InChI is InChI=1S/C43H47ClF3N7O5S/c1-3-27-19-33(54-41(60)53(40(58)42(54)14-4-15-42)32-6-5-28(24-48)34(23-32)43(45,46)47)7-9-36(27)59-18-13-26-11-16-52(17-12-26)25(2)38(56)50-31-21-29(44)20-30(22-31)49-35-8-10-37(55)51-39(35)57/h5-7,9,19-23,25-26,35,41,49,60H,3-4,8,10-18H2,1-2H3,(H,50,56)(H,51,55,57)/t25-,35-,41+/m0/s1. The van der Waals surface area contributed by atoms with Gasteiger partial charge >= 0.3 is 6.18 Å². The average Bonchev–Trinajstić information content (AvgIpc) is 3.44. The van der Waals surface area contributed by atoms with Crippen LogP contribution in [0.5, 0.6) is 5.75 Å². The summed E-state index contributed by atoms with van der Waals surface area (Å²) < 4.78 is 47.9. The van der Waals surface area contributed by atoms with Gasteiger partial charge in [-0.25, -0.2) is 0 Å². The number of thiol groups is 1. The van der Waals surface area contributed by atoms with E-state index in [4.69, 9.17) is 29.0 Å². The van der Waals surface area contributed by atoms with Crippen molar-refractivity contribution in [3.63, 3.8) is 0 Å². The van der Waals surface area contributed by atoms with Crippen LogP contribution in [0.25, 0.3) is 0 Å². The molecule has 3 atom stereocenters. The van der Waals surface area contributed by atoms with Crippen molar-refractivity contribution in [3.8, 4) is 11.8 Å². The molecule has 0 radical (unpaired) electrons. The minimum absolute atomic E-state index is 0.0357. The van der Waals surface area contributed by atoms with E-state index in [2.05, 4.69) is 20.9 Å². The number of nitriles is 1. The Morgan fingerprint density at radius 2 is 1.77 bits per heavy atom. The normalized spacial score (nSPS) is 21.3. The maximum absolute atomic E-state index is 14.0. The van der Waals surface area contributed by atoms with Crippen LogP contribution in [0.3, 0.4) is 0 Å². The Morgan fingerprint density at radius 1 is 1.05 bits per heavy atom. The van der Waals surface area contributed by atoms with Gasteiger partial charge in [0, 0.05) is 34.2 Å². The van der Waals surface area contributed by atoms with Crippen LogP contribution >= 0.6 is 24.2 Å². The Kier molecular flexibility index (Phi) is 12.6. The number of aryl methyl sites for hydroxylation is 1. The van der Waals surface area contributed by atoms with E-state index in [0.717, 1.165) is 67.9 Å². The number of amides is 4. The van der Waals surface area contributed by atoms with E-state index in [9.17, 15) is 37.6 Å². The van der Waals surface area contributed by atoms with Crippen molar-refractivity contribution in [3.05, 3.63) is 76.3 Å². The van der Waals surface area contributed by atoms with E-state index >= 15 is 0 Å². The first-order chi connectivity index (χ1) is 28.6. The minimum atomic E-state index is -4.77. The number of anilines is 4. The maximum Gasteiger partial charge on any atom is 0.417 e. The lowest BCUT2D eigenvalue weighted by molar-refractivity contribution is -0.138. The van der Waals surface area contributed by atoms with Crippen molar-refractivity contribution in [1.29, 1.82) is 5.26 Å². The highest BCUT2D eigenvalue weighted by Crippen LogP contribution is 2.51. The van der Waals surface area contributed by atoms with E-state index in [1.807, 2.05) is 36.9 Å². The predicted octanol–water partition coefficient (Wildman–Crippen LogP) is 7.51. The van der Waals surface area contributed by atoms with Gasteiger partial charge in [0.1, 0.15) is 17.3 Å². The number of imide groups is 1. The molecule has 0 bridgehead atoms. The Bertz CT molecular complexity index is 2210. The zero-order valence-electron chi connectivity index (χ0n) is 33.3. The number of hydrogen-bond donors (Lipinski definition) is 4. The van der Waals surface area contributed by atoms with Gasteiger partial charge in [-0.3, -0.25) is 34.3 Å². The molecule has 4 aliphatic rings. The van der Waals surface area contributed by atoms with E-state index in [1.165, 1.54) is 11.0 Å². The number of nitrogens with zero attached hydrogens (tertiary/aromatic N) is 4. The van der Waals surface area contributed by atoms with Gasteiger partial charge in [0.05, 0.1) is 29.8 Å². The van der Waals surface area contributed by atoms with Gasteiger partial charge in [0.15, 0.2) is 5.50 Å². The molecule has 3 aromatic carbocycles. The molecule has 0 aromatic heterocycles. The fraction of sp³-hybridized carbons (Fsp3) is 0.465. The number of carbonyl (C=O) groups excluding carboxylic acids is 4. The van der Waals surface area contributed by atoms with Crippen LogP contribution in [-0.4, -0.2) is 71.3 Å². The SMILES string of the molecule is CCc1cc(N2[C@H](S)N(c3ccc(C#N)c(C(F)(F)F)c3)C(=O)C23CCC3)ccc1OCCC1CCN([C@@H](C)C(=O)Nc2cc(Cl)cc(N[C@H]3CCC(=O)NC3=O)c2)CC1. The molecule has 3 aromatic rings. The van der Waals surface area contributed by atoms with Gasteiger partial charge in [-0.05, 0) is 137 Å². The molecule has 3 aliphatic heterocycles. The van der Waals surface area contributed by atoms with Crippen LogP contribution in [0, 0.1) is 17.2 Å². The Hall–Kier alpha value is -4.98. The molecule has 3 N–H and O–H groups in total. The van der Waals surface area contributed by atoms with Crippen LogP contribution in [0.2, 0.25) is 5.02 Å². The summed E-state index contributed by atoms with van der Waals surface area (Å²) in [6, 6.07) is 14.7. The third-order valence-corrected chi connectivity index (χ3v) is 12.9. The lowest BCUT2D eigenvalue weighted by atomic mass is 9.75. The first-order valence-corrected chi connectivity index (χ1v) is 21.1. The van der Waals surface area contributed by atoms with Crippen molar-refractivity contribution in [2.45, 2.75) is 101 Å². The first kappa shape index (κ1) is 43.1. The molecule has 7 rings (SSSR count). The predicted molar refractivity (Wildman–Crippen MR) is 225 cm³/mol. The van der Waals surface area contributed by atoms with E-state index in [-0.39, 0.29) is 29.8 Å². The highest BCUT2D eigenvalue weighted by Gasteiger charge is 2.60. The number of rotatable bonds is 12. The fourth-order valence-electron chi connectivity index (χ4n) is 8.67. The zero-order valence-corrected chi connectivity index (χ0v) is 34.9. The monoisotopic (exact) mass is 865 g/mol. The number of halogens is 4. The summed E-state index contributed by atoms with van der Waals surface area (Å²) in [6.45, 7) is 5.86. The molecule has 17 heteroatoms. The van der Waals surface area contributed by atoms with Crippen molar-refractivity contribution >= 4 is 70.6 Å². The fourth-order valence-corrected chi connectivity index (χ4v) is 9.50. The molecule has 318 valence electrons. The third-order valence-electron chi connectivity index (χ3n) is 12.2. The molecular weight excluding hydrogens is 819 g/mol. The molecule has 0 unspecified atom stereocenters. The Balaban J connectivity index is 0.927. The quantitative estimate of drug-likeness (QED) is 0.107. The smallest absolute Gasteiger partial charge is 0.417 e. The number of benzene rings is 3. The number of nitrogens with one attached hydrogen (secondary N) is 3. The largest absolute Gasteiger partial charge is 0.493 e. The Labute approximate surface area is 357 Å². The molecule has 12 nitrogen and oxygen atoms in total. The lowest BCUT2D eigenvalue weighted by Crippen LogP contribution is -2.55. The topological polar surface area (TPSA) is 147 Å². The van der Waals surface area contributed by atoms with Crippen molar-refractivity contribution in [1.82, 2.24) is 10.2 Å². The van der Waals surface area contributed by atoms with Crippen LogP contribution in [0.15, 0.2) is 54.6 Å². The Morgan fingerprint density at radius 3 is 2.42 bits per heavy atom. The maximum atomic E-state index is 14.0. The summed E-state index contributed by atoms with van der Waals surface area (Å²) in [4.78, 5) is 56.4. The van der Waals surface area contributed by atoms with Gasteiger partial charge in [-0.15, -0.1) is 12.6 Å². The van der Waals surface area contributed by atoms with Gasteiger partial charge in [-0.2, -0.15) is 18.4 Å². The van der Waals surface area contributed by atoms with Gasteiger partial charge in [0.2, 0.25) is 17.7 Å². The molecule has 1 spiro atoms. The molecule has 3 heterocycles. The van der Waals surface area contributed by atoms with E-state index in [0.29, 0.717) is 54.6 Å². The number of likely N-dealkylation sites (tertiary alicyclic amines) is 1. The number of alkyl halides is 3. The number of carbonyl (C=O) groups is 4. The molecular formula is C43H47ClF3N7O5S. The summed E-state index contributed by atoms with van der Waals surface area (Å²) in [6.07, 6.45) is 0.966. The van der Waals surface area contributed by atoms with Crippen LogP contribution in [0.4, 0.5) is 35.9 Å². The van der Waals surface area contributed by atoms with Crippen molar-refractivity contribution in [2.75, 3.05) is 40.1 Å². The second kappa shape index (κ2) is 17.6. The summed E-state index contributed by atoms with van der Waals surface area (Å²) >= 11 is 11.2. The zero-order chi connectivity index (χ0) is 42.9. The second-order valence-electron chi connectivity index (χ2n) is 15.9. The molecule has 1 saturated carbocycles. The first-order valence-electron chi connectivity index (χ1n) is 20.3. The lowest BCUT2D eigenvalue weighted by Gasteiger charge is -2.44. The van der Waals surface area contributed by atoms with Crippen molar-refractivity contribution in [2.24, 2.45) is 5.92 Å². The van der Waals surface area contributed by atoms with Crippen molar-refractivity contribution < 1.29 is 37.1 Å². The number of ether oxygens (including phenoxy) is 1. The van der Waals surface area contributed by atoms with E-state index in [1.54, 1.807) is 24.3 Å². The third kappa shape index (κ3) is 8.75. The van der Waals surface area contributed by atoms with Gasteiger partial charge < -0.3 is 20.3 Å². The summed E-state index contributed by atoms with van der Waals surface area (Å²) in [5.41, 5.74) is -0.669. The minimum Gasteiger partial charge on any atom is -0.493 e. The number of hydrogen-bond acceptors (Lipinski definition) is 10. The second-order valence-corrected chi connectivity index (χ2v) is 16.8. The molecule has 60 heavy (non-hydrogen) atoms. The molecule has 3 saturated heterocycles. The molecule has 4 fully saturated rings. The van der Waals surface area contributed by atoms with Crippen LogP contribution < -0.4 is 30.5 Å². The van der Waals surface area contributed by atoms with E-state index < -0.39 is 46.3 Å². The molecule has 1 aliphatic carbocycles. The number of piperidine rings is 2. The molecule has 4 amide bonds. The highest BCUT2D eigenvalue weighted by molar-refractivity contribution is 7.81. The van der Waals surface area contributed by atoms with Crippen LogP contribution in [-0.2, 0) is 31.8 Å². The van der Waals surface area contributed by atoms with Gasteiger partial charge in [-0.1, -0.05) is 18.5 Å².